The minimum atomic E-state index is -2.07. The topological polar surface area (TPSA) is 94.0 Å². The van der Waals surface area contributed by atoms with Crippen molar-refractivity contribution in [3.8, 4) is 0 Å². The highest BCUT2D eigenvalue weighted by Crippen LogP contribution is 2.19. The summed E-state index contributed by atoms with van der Waals surface area (Å²) in [7, 11) is 0. The highest BCUT2D eigenvalue weighted by atomic mass is 16.4. The predicted molar refractivity (Wildman–Crippen MR) is 110 cm³/mol. The third kappa shape index (κ3) is 5.18. The SMILES string of the molecule is O=C([O-])C(=O)O.c1ccc2c(C[NH2+]Cc3cccc4ccccc34)cccc2c1. The zero-order valence-corrected chi connectivity index (χ0v) is 15.7. The van der Waals surface area contributed by atoms with E-state index in [1.54, 1.807) is 0 Å². The number of carbonyl (C=O) groups excluding carboxylic acids is 1. The van der Waals surface area contributed by atoms with Crippen molar-refractivity contribution in [1.29, 1.82) is 0 Å². The molecule has 0 aromatic heterocycles. The van der Waals surface area contributed by atoms with E-state index in [1.165, 1.54) is 32.7 Å². The van der Waals surface area contributed by atoms with Crippen LogP contribution < -0.4 is 10.4 Å². The van der Waals surface area contributed by atoms with E-state index in [4.69, 9.17) is 19.8 Å². The van der Waals surface area contributed by atoms with E-state index < -0.39 is 11.9 Å². The maximum absolute atomic E-state index is 9.04. The summed E-state index contributed by atoms with van der Waals surface area (Å²) in [5, 5.41) is 24.1. The molecule has 0 unspecified atom stereocenters. The van der Waals surface area contributed by atoms with Crippen LogP contribution in [0.4, 0.5) is 0 Å². The predicted octanol–water partition coefficient (Wildman–Crippen LogP) is 2.08. The van der Waals surface area contributed by atoms with Crippen molar-refractivity contribution in [3.63, 3.8) is 0 Å². The Morgan fingerprint density at radius 2 is 1.07 bits per heavy atom. The van der Waals surface area contributed by atoms with Crippen LogP contribution in [0.3, 0.4) is 0 Å². The molecule has 0 aliphatic carbocycles. The van der Waals surface area contributed by atoms with Crippen molar-refractivity contribution in [2.45, 2.75) is 13.1 Å². The number of nitrogens with two attached hydrogens (primary N) is 1. The van der Waals surface area contributed by atoms with Gasteiger partial charge >= 0.3 is 5.97 Å². The lowest BCUT2D eigenvalue weighted by Crippen LogP contribution is -2.80. The van der Waals surface area contributed by atoms with Crippen LogP contribution in [-0.2, 0) is 22.7 Å². The molecule has 0 bridgehead atoms. The third-order valence-electron chi connectivity index (χ3n) is 4.66. The van der Waals surface area contributed by atoms with Gasteiger partial charge in [-0.1, -0.05) is 84.9 Å². The van der Waals surface area contributed by atoms with Gasteiger partial charge in [0.05, 0.1) is 0 Å². The normalized spacial score (nSPS) is 10.3. The molecule has 0 aliphatic heterocycles. The Balaban J connectivity index is 0.000000353. The molecular formula is C24H21NO4. The average Bonchev–Trinajstić information content (AvgIpc) is 2.74. The zero-order chi connectivity index (χ0) is 20.6. The first kappa shape index (κ1) is 20.0. The lowest BCUT2D eigenvalue weighted by atomic mass is 10.0. The Labute approximate surface area is 168 Å². The maximum atomic E-state index is 9.04. The molecule has 0 spiro atoms. The van der Waals surface area contributed by atoms with Crippen LogP contribution in [-0.4, -0.2) is 17.0 Å². The van der Waals surface area contributed by atoms with Crippen LogP contribution in [0.1, 0.15) is 11.1 Å². The monoisotopic (exact) mass is 387 g/mol. The van der Waals surface area contributed by atoms with Crippen molar-refractivity contribution in [1.82, 2.24) is 0 Å². The van der Waals surface area contributed by atoms with Gasteiger partial charge in [-0.15, -0.1) is 0 Å². The van der Waals surface area contributed by atoms with Crippen molar-refractivity contribution < 1.29 is 25.1 Å². The summed E-state index contributed by atoms with van der Waals surface area (Å²) < 4.78 is 0. The standard InChI is InChI=1S/C22H19N.C2H2O4/c1-3-13-21-17(7-1)9-5-11-19(21)15-23-16-20-12-6-10-18-8-2-4-14-22(18)20;3-1(4)2(5)6/h1-14,23H,15-16H2;(H,3,4)(H,5,6). The Bertz CT molecular complexity index is 1050. The number of rotatable bonds is 4. The lowest BCUT2D eigenvalue weighted by molar-refractivity contribution is -0.685. The van der Waals surface area contributed by atoms with Crippen molar-refractivity contribution in [2.75, 3.05) is 0 Å². The summed E-state index contributed by atoms with van der Waals surface area (Å²) in [6.45, 7) is 2.01. The Kier molecular flexibility index (Phi) is 6.55. The molecule has 4 aromatic rings. The average molecular weight is 387 g/mol. The smallest absolute Gasteiger partial charge is 0.351 e. The largest absolute Gasteiger partial charge is 0.539 e. The van der Waals surface area contributed by atoms with Crippen molar-refractivity contribution >= 4 is 33.5 Å². The third-order valence-corrected chi connectivity index (χ3v) is 4.66. The van der Waals surface area contributed by atoms with Crippen LogP contribution in [0.15, 0.2) is 84.9 Å². The van der Waals surface area contributed by atoms with Gasteiger partial charge in [-0.2, -0.15) is 0 Å². The van der Waals surface area contributed by atoms with E-state index in [9.17, 15) is 0 Å². The summed E-state index contributed by atoms with van der Waals surface area (Å²) in [6, 6.07) is 30.4. The second kappa shape index (κ2) is 9.48. The molecule has 0 atom stereocenters. The lowest BCUT2D eigenvalue weighted by Gasteiger charge is -2.08. The maximum Gasteiger partial charge on any atom is 0.351 e. The molecule has 3 N–H and O–H groups in total. The van der Waals surface area contributed by atoms with E-state index in [1.807, 2.05) is 0 Å². The summed E-state index contributed by atoms with van der Waals surface area (Å²) >= 11 is 0. The molecule has 5 nitrogen and oxygen atoms in total. The molecule has 0 heterocycles. The fraction of sp³-hybridized carbons (Fsp3) is 0.0833. The first-order valence-electron chi connectivity index (χ1n) is 9.25. The summed E-state index contributed by atoms with van der Waals surface area (Å²) in [6.07, 6.45) is 0. The number of carboxylic acids is 2. The summed E-state index contributed by atoms with van der Waals surface area (Å²) in [5.41, 5.74) is 2.81. The fourth-order valence-corrected chi connectivity index (χ4v) is 3.32. The molecule has 146 valence electrons. The number of fused-ring (bicyclic) bond motifs is 2. The molecule has 4 aromatic carbocycles. The molecule has 0 amide bonds. The van der Waals surface area contributed by atoms with E-state index in [0.29, 0.717) is 0 Å². The van der Waals surface area contributed by atoms with E-state index >= 15 is 0 Å². The molecule has 0 saturated carbocycles. The molecule has 0 aliphatic rings. The van der Waals surface area contributed by atoms with Gasteiger partial charge < -0.3 is 20.3 Å². The quantitative estimate of drug-likeness (QED) is 0.524. The molecule has 0 saturated heterocycles. The highest BCUT2D eigenvalue weighted by Gasteiger charge is 2.05. The van der Waals surface area contributed by atoms with Crippen LogP contribution in [0.25, 0.3) is 21.5 Å². The summed E-state index contributed by atoms with van der Waals surface area (Å²) in [5.74, 6) is -4.01. The van der Waals surface area contributed by atoms with Crippen LogP contribution >= 0.6 is 0 Å². The second-order valence-corrected chi connectivity index (χ2v) is 6.57. The molecular weight excluding hydrogens is 366 g/mol. The second-order valence-electron chi connectivity index (χ2n) is 6.57. The number of aliphatic carboxylic acids is 2. The number of benzene rings is 4. The Hall–Kier alpha value is -3.70. The minimum absolute atomic E-state index is 1.00. The first-order chi connectivity index (χ1) is 14.1. The fourth-order valence-electron chi connectivity index (χ4n) is 3.32. The molecule has 5 heteroatoms. The van der Waals surface area contributed by atoms with Crippen LogP contribution in [0, 0.1) is 0 Å². The zero-order valence-electron chi connectivity index (χ0n) is 15.7. The Morgan fingerprint density at radius 1 is 0.690 bits per heavy atom. The number of quaternary nitrogens is 1. The van der Waals surface area contributed by atoms with E-state index in [0.717, 1.165) is 13.1 Å². The van der Waals surface area contributed by atoms with Gasteiger partial charge in [0, 0.05) is 11.1 Å². The van der Waals surface area contributed by atoms with Gasteiger partial charge in [-0.3, -0.25) is 0 Å². The summed E-state index contributed by atoms with van der Waals surface area (Å²) in [4.78, 5) is 18.0. The van der Waals surface area contributed by atoms with Gasteiger partial charge in [0.1, 0.15) is 13.1 Å². The number of hydrogen-bond donors (Lipinski definition) is 2. The number of carbonyl (C=O) groups is 2. The molecule has 0 radical (unpaired) electrons. The van der Waals surface area contributed by atoms with E-state index in [-0.39, 0.29) is 0 Å². The van der Waals surface area contributed by atoms with Crippen LogP contribution in [0.2, 0.25) is 0 Å². The van der Waals surface area contributed by atoms with Gasteiger partial charge in [0.2, 0.25) is 0 Å². The van der Waals surface area contributed by atoms with Gasteiger partial charge in [-0.25, -0.2) is 4.79 Å². The first-order valence-corrected chi connectivity index (χ1v) is 9.25. The van der Waals surface area contributed by atoms with Crippen LogP contribution in [0.5, 0.6) is 0 Å². The Morgan fingerprint density at radius 3 is 1.48 bits per heavy atom. The molecule has 29 heavy (non-hydrogen) atoms. The molecule has 4 rings (SSSR count). The number of hydrogen-bond acceptors (Lipinski definition) is 3. The van der Waals surface area contributed by atoms with Gasteiger partial charge in [0.15, 0.2) is 5.97 Å². The highest BCUT2D eigenvalue weighted by molar-refractivity contribution is 6.26. The van der Waals surface area contributed by atoms with Crippen molar-refractivity contribution in [2.24, 2.45) is 0 Å². The van der Waals surface area contributed by atoms with Gasteiger partial charge in [-0.05, 0) is 21.5 Å². The minimum Gasteiger partial charge on any atom is -0.539 e. The number of carboxylic acid groups (broad SMARTS) is 2. The van der Waals surface area contributed by atoms with E-state index in [2.05, 4.69) is 90.2 Å². The van der Waals surface area contributed by atoms with Crippen molar-refractivity contribution in [3.05, 3.63) is 96.1 Å². The molecule has 0 fully saturated rings. The van der Waals surface area contributed by atoms with Gasteiger partial charge in [0.25, 0.3) is 0 Å².